The molecule has 1 fully saturated rings. The van der Waals surface area contributed by atoms with Gasteiger partial charge < -0.3 is 16.0 Å². The average molecular weight is 192 g/mol. The molecular weight excluding hydrogens is 174 g/mol. The third-order valence-corrected chi connectivity index (χ3v) is 2.66. The van der Waals surface area contributed by atoms with Crippen molar-refractivity contribution >= 4 is 11.4 Å². The molecule has 1 heterocycles. The minimum Gasteiger partial charge on any atom is -0.399 e. The Hall–Kier alpha value is -1.22. The number of nitrogens with two attached hydrogens (primary N) is 2. The summed E-state index contributed by atoms with van der Waals surface area (Å²) in [5.41, 5.74) is 9.22. The van der Waals surface area contributed by atoms with E-state index in [1.807, 2.05) is 6.07 Å². The monoisotopic (exact) mass is 192 g/mol. The van der Waals surface area contributed by atoms with E-state index in [9.17, 15) is 0 Å². The van der Waals surface area contributed by atoms with Gasteiger partial charge in [0.15, 0.2) is 0 Å². The van der Waals surface area contributed by atoms with Gasteiger partial charge in [-0.1, -0.05) is 0 Å². The van der Waals surface area contributed by atoms with Gasteiger partial charge in [-0.05, 0) is 30.7 Å². The van der Waals surface area contributed by atoms with Gasteiger partial charge in [0.05, 0.1) is 26.2 Å². The molecule has 0 aliphatic carbocycles. The second-order valence-electron chi connectivity index (χ2n) is 3.95. The van der Waals surface area contributed by atoms with Crippen LogP contribution >= 0.6 is 0 Å². The van der Waals surface area contributed by atoms with E-state index < -0.39 is 0 Å². The number of rotatable bonds is 1. The van der Waals surface area contributed by atoms with Gasteiger partial charge in [-0.25, -0.2) is 0 Å². The number of benzene rings is 1. The van der Waals surface area contributed by atoms with Crippen molar-refractivity contribution < 1.29 is 5.32 Å². The molecule has 1 aliphatic heterocycles. The predicted octanol–water partition coefficient (Wildman–Crippen LogP) is -0.0394. The third kappa shape index (κ3) is 1.99. The van der Waals surface area contributed by atoms with Crippen LogP contribution in [0, 0.1) is 6.92 Å². The van der Waals surface area contributed by atoms with Crippen LogP contribution in [0.5, 0.6) is 0 Å². The van der Waals surface area contributed by atoms with E-state index in [0.717, 1.165) is 18.8 Å². The Balaban J connectivity index is 2.21. The lowest BCUT2D eigenvalue weighted by Gasteiger charge is -2.27. The summed E-state index contributed by atoms with van der Waals surface area (Å²) in [5, 5.41) is 2.36. The number of hydrogen-bond donors (Lipinski definition) is 2. The summed E-state index contributed by atoms with van der Waals surface area (Å²) < 4.78 is 0. The lowest BCUT2D eigenvalue weighted by molar-refractivity contribution is -0.655. The molecule has 14 heavy (non-hydrogen) atoms. The SMILES string of the molecule is Cc1cc(N)cc(N2CC[NH2+]CC2)c1. The van der Waals surface area contributed by atoms with E-state index in [-0.39, 0.29) is 0 Å². The molecule has 0 unspecified atom stereocenters. The van der Waals surface area contributed by atoms with Gasteiger partial charge in [0.25, 0.3) is 0 Å². The van der Waals surface area contributed by atoms with Crippen LogP contribution < -0.4 is 16.0 Å². The molecule has 1 aromatic rings. The molecule has 0 spiro atoms. The van der Waals surface area contributed by atoms with Crippen molar-refractivity contribution in [3.05, 3.63) is 23.8 Å². The van der Waals surface area contributed by atoms with E-state index in [1.54, 1.807) is 0 Å². The number of hydrogen-bond acceptors (Lipinski definition) is 2. The molecule has 0 amide bonds. The molecule has 4 N–H and O–H groups in total. The molecule has 3 heteroatoms. The fourth-order valence-electron chi connectivity index (χ4n) is 1.98. The molecule has 0 saturated carbocycles. The Morgan fingerprint density at radius 3 is 2.57 bits per heavy atom. The van der Waals surface area contributed by atoms with Crippen LogP contribution in [0.15, 0.2) is 18.2 Å². The summed E-state index contributed by atoms with van der Waals surface area (Å²) in [6.45, 7) is 6.73. The summed E-state index contributed by atoms with van der Waals surface area (Å²) in [5.74, 6) is 0. The smallest absolute Gasteiger partial charge is 0.0934 e. The number of quaternary nitrogens is 1. The van der Waals surface area contributed by atoms with Gasteiger partial charge in [0.1, 0.15) is 0 Å². The number of aryl methyl sites for hydroxylation is 1. The largest absolute Gasteiger partial charge is 0.399 e. The van der Waals surface area contributed by atoms with Crippen molar-refractivity contribution in [3.8, 4) is 0 Å². The molecule has 76 valence electrons. The van der Waals surface area contributed by atoms with Crippen LogP contribution in [0.3, 0.4) is 0 Å². The van der Waals surface area contributed by atoms with Crippen molar-refractivity contribution in [2.45, 2.75) is 6.92 Å². The Labute approximate surface area is 84.9 Å². The lowest BCUT2D eigenvalue weighted by atomic mass is 10.1. The Kier molecular flexibility index (Phi) is 2.59. The van der Waals surface area contributed by atoms with E-state index in [0.29, 0.717) is 0 Å². The third-order valence-electron chi connectivity index (χ3n) is 2.66. The average Bonchev–Trinajstić information content (AvgIpc) is 2.18. The van der Waals surface area contributed by atoms with Crippen molar-refractivity contribution in [1.82, 2.24) is 0 Å². The Morgan fingerprint density at radius 1 is 1.21 bits per heavy atom. The summed E-state index contributed by atoms with van der Waals surface area (Å²) in [4.78, 5) is 2.41. The molecular formula is C11H18N3+. The van der Waals surface area contributed by atoms with E-state index in [2.05, 4.69) is 29.3 Å². The summed E-state index contributed by atoms with van der Waals surface area (Å²) in [6.07, 6.45) is 0. The highest BCUT2D eigenvalue weighted by Gasteiger charge is 2.12. The highest BCUT2D eigenvalue weighted by atomic mass is 15.2. The number of nitrogens with zero attached hydrogens (tertiary/aromatic N) is 1. The molecule has 2 rings (SSSR count). The molecule has 1 saturated heterocycles. The Morgan fingerprint density at radius 2 is 1.93 bits per heavy atom. The molecule has 1 aliphatic rings. The minimum absolute atomic E-state index is 0.870. The fraction of sp³-hybridized carbons (Fsp3) is 0.455. The molecule has 3 nitrogen and oxygen atoms in total. The normalized spacial score (nSPS) is 17.1. The zero-order chi connectivity index (χ0) is 9.97. The van der Waals surface area contributed by atoms with Crippen molar-refractivity contribution in [2.75, 3.05) is 36.8 Å². The van der Waals surface area contributed by atoms with Gasteiger partial charge >= 0.3 is 0 Å². The first-order valence-electron chi connectivity index (χ1n) is 5.19. The standard InChI is InChI=1S/C11H17N3/c1-9-6-10(12)8-11(7-9)14-4-2-13-3-5-14/h6-8,13H,2-5,12H2,1H3/p+1. The summed E-state index contributed by atoms with van der Waals surface area (Å²) in [6, 6.07) is 6.29. The predicted molar refractivity (Wildman–Crippen MR) is 59.5 cm³/mol. The molecule has 0 aromatic heterocycles. The van der Waals surface area contributed by atoms with Crippen LogP contribution in [0.2, 0.25) is 0 Å². The van der Waals surface area contributed by atoms with E-state index in [1.165, 1.54) is 24.3 Å². The lowest BCUT2D eigenvalue weighted by Crippen LogP contribution is -2.89. The number of anilines is 2. The minimum atomic E-state index is 0.870. The van der Waals surface area contributed by atoms with Crippen LogP contribution in [-0.2, 0) is 0 Å². The zero-order valence-electron chi connectivity index (χ0n) is 8.66. The first-order chi connectivity index (χ1) is 6.75. The van der Waals surface area contributed by atoms with Crippen molar-refractivity contribution in [2.24, 2.45) is 0 Å². The topological polar surface area (TPSA) is 45.9 Å². The molecule has 1 aromatic carbocycles. The summed E-state index contributed by atoms with van der Waals surface area (Å²) in [7, 11) is 0. The van der Waals surface area contributed by atoms with Gasteiger partial charge in [-0.2, -0.15) is 0 Å². The highest BCUT2D eigenvalue weighted by molar-refractivity contribution is 5.58. The second kappa shape index (κ2) is 3.88. The number of nitrogen functional groups attached to an aromatic ring is 1. The van der Waals surface area contributed by atoms with E-state index >= 15 is 0 Å². The van der Waals surface area contributed by atoms with Crippen LogP contribution in [0.4, 0.5) is 11.4 Å². The van der Waals surface area contributed by atoms with Crippen molar-refractivity contribution in [1.29, 1.82) is 0 Å². The first kappa shape index (κ1) is 9.34. The van der Waals surface area contributed by atoms with E-state index in [4.69, 9.17) is 5.73 Å². The quantitative estimate of drug-likeness (QED) is 0.613. The van der Waals surface area contributed by atoms with Gasteiger partial charge in [0.2, 0.25) is 0 Å². The Bertz CT molecular complexity index is 296. The molecule has 0 bridgehead atoms. The van der Waals surface area contributed by atoms with Crippen LogP contribution in [-0.4, -0.2) is 26.2 Å². The second-order valence-corrected chi connectivity index (χ2v) is 3.95. The first-order valence-corrected chi connectivity index (χ1v) is 5.19. The van der Waals surface area contributed by atoms with Gasteiger partial charge in [-0.15, -0.1) is 0 Å². The van der Waals surface area contributed by atoms with Gasteiger partial charge in [0, 0.05) is 11.4 Å². The number of piperazine rings is 1. The summed E-state index contributed by atoms with van der Waals surface area (Å²) >= 11 is 0. The zero-order valence-corrected chi connectivity index (χ0v) is 8.66. The molecule has 0 atom stereocenters. The van der Waals surface area contributed by atoms with Gasteiger partial charge in [-0.3, -0.25) is 0 Å². The van der Waals surface area contributed by atoms with Crippen LogP contribution in [0.1, 0.15) is 5.56 Å². The fourth-order valence-corrected chi connectivity index (χ4v) is 1.98. The highest BCUT2D eigenvalue weighted by Crippen LogP contribution is 2.19. The molecule has 0 radical (unpaired) electrons. The van der Waals surface area contributed by atoms with Crippen LogP contribution in [0.25, 0.3) is 0 Å². The maximum Gasteiger partial charge on any atom is 0.0934 e. The maximum atomic E-state index is 5.83. The van der Waals surface area contributed by atoms with Crippen molar-refractivity contribution in [3.63, 3.8) is 0 Å². The maximum absolute atomic E-state index is 5.83.